The summed E-state index contributed by atoms with van der Waals surface area (Å²) in [5, 5.41) is 11.0. The molecule has 7 nitrogen and oxygen atoms in total. The molecule has 1 amide bonds. The minimum absolute atomic E-state index is 0.338. The third-order valence-corrected chi connectivity index (χ3v) is 4.61. The van der Waals surface area contributed by atoms with Gasteiger partial charge in [-0.15, -0.1) is 0 Å². The number of nitrogens with zero attached hydrogens (tertiary/aromatic N) is 3. The van der Waals surface area contributed by atoms with Gasteiger partial charge in [-0.2, -0.15) is 10.2 Å². The summed E-state index contributed by atoms with van der Waals surface area (Å²) < 4.78 is 5.15. The van der Waals surface area contributed by atoms with E-state index in [-0.39, 0.29) is 5.91 Å². The number of benzene rings is 2. The molecule has 2 N–H and O–H groups in total. The van der Waals surface area contributed by atoms with Crippen molar-refractivity contribution in [3.05, 3.63) is 65.9 Å². The molecule has 7 heteroatoms. The average Bonchev–Trinajstić information content (AvgIpc) is 3.26. The van der Waals surface area contributed by atoms with Crippen molar-refractivity contribution in [1.29, 1.82) is 0 Å². The quantitative estimate of drug-likeness (QED) is 0.453. The molecule has 3 rings (SSSR count). The average molecular weight is 391 g/mol. The molecule has 2 aromatic carbocycles. The summed E-state index contributed by atoms with van der Waals surface area (Å²) in [6, 6.07) is 17.2. The van der Waals surface area contributed by atoms with E-state index >= 15 is 0 Å². The summed E-state index contributed by atoms with van der Waals surface area (Å²) in [6.07, 6.45) is 1.62. The number of methoxy groups -OCH3 is 1. The molecule has 0 bridgehead atoms. The molecular formula is C22H25N5O2. The van der Waals surface area contributed by atoms with E-state index in [0.717, 1.165) is 30.0 Å². The number of anilines is 1. The number of aromatic amines is 1. The Bertz CT molecular complexity index is 958. The van der Waals surface area contributed by atoms with E-state index in [1.165, 1.54) is 5.69 Å². The molecule has 1 aromatic heterocycles. The Morgan fingerprint density at radius 3 is 2.45 bits per heavy atom. The minimum atomic E-state index is -0.353. The minimum Gasteiger partial charge on any atom is -0.497 e. The van der Waals surface area contributed by atoms with E-state index in [4.69, 9.17) is 4.74 Å². The van der Waals surface area contributed by atoms with Crippen LogP contribution in [0.25, 0.3) is 11.3 Å². The van der Waals surface area contributed by atoms with Gasteiger partial charge < -0.3 is 9.64 Å². The van der Waals surface area contributed by atoms with Crippen LogP contribution in [0.15, 0.2) is 59.7 Å². The normalized spacial score (nSPS) is 10.9. The van der Waals surface area contributed by atoms with Gasteiger partial charge in [0, 0.05) is 24.3 Å². The highest BCUT2D eigenvalue weighted by Crippen LogP contribution is 2.21. The number of ether oxygens (including phenoxy) is 1. The van der Waals surface area contributed by atoms with Gasteiger partial charge >= 0.3 is 0 Å². The lowest BCUT2D eigenvalue weighted by atomic mass is 10.1. The molecule has 0 saturated carbocycles. The molecule has 0 fully saturated rings. The highest BCUT2D eigenvalue weighted by molar-refractivity contribution is 5.94. The fourth-order valence-electron chi connectivity index (χ4n) is 2.93. The van der Waals surface area contributed by atoms with Crippen molar-refractivity contribution in [1.82, 2.24) is 15.6 Å². The van der Waals surface area contributed by atoms with Gasteiger partial charge in [0.2, 0.25) is 0 Å². The van der Waals surface area contributed by atoms with E-state index in [2.05, 4.69) is 39.5 Å². The topological polar surface area (TPSA) is 82.6 Å². The van der Waals surface area contributed by atoms with E-state index in [1.807, 2.05) is 48.5 Å². The zero-order chi connectivity index (χ0) is 20.6. The maximum Gasteiger partial charge on any atom is 0.289 e. The number of carbonyl (C=O) groups excluding carboxylic acids is 1. The molecule has 3 aromatic rings. The third-order valence-electron chi connectivity index (χ3n) is 4.61. The number of hydrogen-bond donors (Lipinski definition) is 2. The first-order chi connectivity index (χ1) is 14.1. The van der Waals surface area contributed by atoms with Crippen molar-refractivity contribution < 1.29 is 9.53 Å². The standard InChI is InChI=1S/C22H25N5O2/c1-4-27(5-2)18-10-6-16(7-11-18)15-23-26-22(28)21-14-20(24-25-21)17-8-12-19(29-3)13-9-17/h6-15H,4-5H2,1-3H3,(H,24,25)(H,26,28)/b23-15-. The smallest absolute Gasteiger partial charge is 0.289 e. The van der Waals surface area contributed by atoms with E-state index in [1.54, 1.807) is 19.4 Å². The lowest BCUT2D eigenvalue weighted by Crippen LogP contribution is -2.21. The van der Waals surface area contributed by atoms with Crippen LogP contribution >= 0.6 is 0 Å². The van der Waals surface area contributed by atoms with Gasteiger partial charge in [-0.25, -0.2) is 5.43 Å². The molecule has 0 radical (unpaired) electrons. The molecule has 150 valence electrons. The Morgan fingerprint density at radius 2 is 1.83 bits per heavy atom. The summed E-state index contributed by atoms with van der Waals surface area (Å²) in [5.74, 6) is 0.412. The van der Waals surface area contributed by atoms with E-state index < -0.39 is 0 Å². The summed E-state index contributed by atoms with van der Waals surface area (Å²) in [7, 11) is 1.62. The van der Waals surface area contributed by atoms with Gasteiger partial charge in [-0.05, 0) is 61.9 Å². The van der Waals surface area contributed by atoms with Crippen LogP contribution in [0.3, 0.4) is 0 Å². The summed E-state index contributed by atoms with van der Waals surface area (Å²) >= 11 is 0. The lowest BCUT2D eigenvalue weighted by molar-refractivity contribution is 0.0950. The van der Waals surface area contributed by atoms with Crippen molar-refractivity contribution in [2.45, 2.75) is 13.8 Å². The van der Waals surface area contributed by atoms with Crippen molar-refractivity contribution in [2.24, 2.45) is 5.10 Å². The van der Waals surface area contributed by atoms with Gasteiger partial charge in [0.25, 0.3) is 5.91 Å². The van der Waals surface area contributed by atoms with Crippen molar-refractivity contribution in [3.8, 4) is 17.0 Å². The van der Waals surface area contributed by atoms with Crippen LogP contribution in [-0.4, -0.2) is 42.5 Å². The second kappa shape index (κ2) is 9.54. The molecule has 0 spiro atoms. The van der Waals surface area contributed by atoms with Crippen LogP contribution < -0.4 is 15.1 Å². The monoisotopic (exact) mass is 391 g/mol. The first-order valence-corrected chi connectivity index (χ1v) is 9.52. The molecule has 0 aliphatic carbocycles. The Morgan fingerprint density at radius 1 is 1.14 bits per heavy atom. The van der Waals surface area contributed by atoms with Crippen molar-refractivity contribution in [2.75, 3.05) is 25.1 Å². The van der Waals surface area contributed by atoms with E-state index in [0.29, 0.717) is 11.4 Å². The second-order valence-corrected chi connectivity index (χ2v) is 6.36. The van der Waals surface area contributed by atoms with Crippen LogP contribution in [-0.2, 0) is 0 Å². The molecule has 29 heavy (non-hydrogen) atoms. The summed E-state index contributed by atoms with van der Waals surface area (Å²) in [4.78, 5) is 14.5. The number of amides is 1. The van der Waals surface area contributed by atoms with Crippen molar-refractivity contribution in [3.63, 3.8) is 0 Å². The zero-order valence-electron chi connectivity index (χ0n) is 16.8. The molecular weight excluding hydrogens is 366 g/mol. The van der Waals surface area contributed by atoms with Crippen LogP contribution in [0.5, 0.6) is 5.75 Å². The Labute approximate surface area is 170 Å². The molecule has 1 heterocycles. The fourth-order valence-corrected chi connectivity index (χ4v) is 2.93. The fraction of sp³-hybridized carbons (Fsp3) is 0.227. The number of hydrazone groups is 1. The number of H-pyrrole nitrogens is 1. The van der Waals surface area contributed by atoms with Gasteiger partial charge in [-0.3, -0.25) is 9.89 Å². The largest absolute Gasteiger partial charge is 0.497 e. The third kappa shape index (κ3) is 5.01. The Kier molecular flexibility index (Phi) is 6.63. The van der Waals surface area contributed by atoms with E-state index in [9.17, 15) is 4.79 Å². The predicted molar refractivity (Wildman–Crippen MR) is 116 cm³/mol. The number of nitrogens with one attached hydrogen (secondary N) is 2. The Hall–Kier alpha value is -3.61. The number of carbonyl (C=O) groups is 1. The SMILES string of the molecule is CCN(CC)c1ccc(/C=N\NC(=O)c2cc(-c3ccc(OC)cc3)n[nH]2)cc1. The van der Waals surface area contributed by atoms with Crippen LogP contribution in [0, 0.1) is 0 Å². The highest BCUT2D eigenvalue weighted by Gasteiger charge is 2.10. The summed E-state index contributed by atoms with van der Waals surface area (Å²) in [5.41, 5.74) is 6.49. The Balaban J connectivity index is 1.60. The zero-order valence-corrected chi connectivity index (χ0v) is 16.8. The molecule has 0 atom stereocenters. The lowest BCUT2D eigenvalue weighted by Gasteiger charge is -2.20. The van der Waals surface area contributed by atoms with Gasteiger partial charge in [0.05, 0.1) is 19.0 Å². The summed E-state index contributed by atoms with van der Waals surface area (Å²) in [6.45, 7) is 6.18. The van der Waals surface area contributed by atoms with Gasteiger partial charge in [0.15, 0.2) is 0 Å². The maximum atomic E-state index is 12.3. The molecule has 0 aliphatic heterocycles. The number of hydrogen-bond acceptors (Lipinski definition) is 5. The molecule has 0 unspecified atom stereocenters. The van der Waals surface area contributed by atoms with Crippen LogP contribution in [0.4, 0.5) is 5.69 Å². The predicted octanol–water partition coefficient (Wildman–Crippen LogP) is 3.70. The maximum absolute atomic E-state index is 12.3. The van der Waals surface area contributed by atoms with Gasteiger partial charge in [0.1, 0.15) is 11.4 Å². The first kappa shape index (κ1) is 20.1. The first-order valence-electron chi connectivity index (χ1n) is 9.52. The number of aromatic nitrogens is 2. The van der Waals surface area contributed by atoms with Crippen LogP contribution in [0.2, 0.25) is 0 Å². The van der Waals surface area contributed by atoms with Crippen LogP contribution in [0.1, 0.15) is 29.9 Å². The van der Waals surface area contributed by atoms with Gasteiger partial charge in [-0.1, -0.05) is 12.1 Å². The second-order valence-electron chi connectivity index (χ2n) is 6.36. The molecule has 0 saturated heterocycles. The van der Waals surface area contributed by atoms with Crippen molar-refractivity contribution >= 4 is 17.8 Å². The molecule has 0 aliphatic rings. The highest BCUT2D eigenvalue weighted by atomic mass is 16.5. The number of rotatable bonds is 8.